The van der Waals surface area contributed by atoms with Crippen molar-refractivity contribution in [2.24, 2.45) is 5.92 Å². The number of hydrogen-bond acceptors (Lipinski definition) is 2. The van der Waals surface area contributed by atoms with Crippen LogP contribution in [0, 0.1) is 23.4 Å². The van der Waals surface area contributed by atoms with Crippen LogP contribution in [0.5, 0.6) is 11.5 Å². The quantitative estimate of drug-likeness (QED) is 0.541. The second-order valence-corrected chi connectivity index (χ2v) is 7.43. The molecule has 0 atom stereocenters. The van der Waals surface area contributed by atoms with Gasteiger partial charge in [0.05, 0.1) is 13.7 Å². The maximum absolute atomic E-state index is 14.4. The van der Waals surface area contributed by atoms with E-state index in [1.54, 1.807) is 25.1 Å². The average Bonchev–Trinajstić information content (AvgIpc) is 2.71. The van der Waals surface area contributed by atoms with Gasteiger partial charge in [0.15, 0.2) is 11.6 Å². The van der Waals surface area contributed by atoms with E-state index in [1.807, 2.05) is 0 Å². The Morgan fingerprint density at radius 1 is 0.964 bits per heavy atom. The molecule has 0 bridgehead atoms. The first kappa shape index (κ1) is 20.6. The van der Waals surface area contributed by atoms with Crippen LogP contribution in [-0.2, 0) is 6.42 Å². The molecule has 3 rings (SSSR count). The first-order chi connectivity index (χ1) is 13.5. The summed E-state index contributed by atoms with van der Waals surface area (Å²) in [5.74, 6) is -0.913. The summed E-state index contributed by atoms with van der Waals surface area (Å²) in [6, 6.07) is 8.14. The van der Waals surface area contributed by atoms with Gasteiger partial charge in [0.1, 0.15) is 11.6 Å². The second-order valence-electron chi connectivity index (χ2n) is 7.43. The van der Waals surface area contributed by atoms with Crippen molar-refractivity contribution in [1.82, 2.24) is 0 Å². The van der Waals surface area contributed by atoms with Gasteiger partial charge in [-0.2, -0.15) is 4.39 Å². The molecule has 1 saturated carbocycles. The van der Waals surface area contributed by atoms with Gasteiger partial charge in [0.2, 0.25) is 5.82 Å². The van der Waals surface area contributed by atoms with Crippen molar-refractivity contribution in [3.63, 3.8) is 0 Å². The molecule has 1 aliphatic rings. The summed E-state index contributed by atoms with van der Waals surface area (Å²) in [6.45, 7) is 2.04. The van der Waals surface area contributed by atoms with E-state index in [-0.39, 0.29) is 17.5 Å². The van der Waals surface area contributed by atoms with Crippen molar-refractivity contribution in [3.8, 4) is 11.5 Å². The molecule has 0 heterocycles. The van der Waals surface area contributed by atoms with Crippen LogP contribution >= 0.6 is 0 Å². The van der Waals surface area contributed by atoms with Gasteiger partial charge in [-0.3, -0.25) is 0 Å². The summed E-state index contributed by atoms with van der Waals surface area (Å²) in [5, 5.41) is 0. The van der Waals surface area contributed by atoms with E-state index in [9.17, 15) is 13.2 Å². The highest BCUT2D eigenvalue weighted by Crippen LogP contribution is 2.40. The van der Waals surface area contributed by atoms with Crippen molar-refractivity contribution in [3.05, 3.63) is 58.9 Å². The van der Waals surface area contributed by atoms with Crippen LogP contribution in [0.3, 0.4) is 0 Å². The zero-order valence-electron chi connectivity index (χ0n) is 16.4. The minimum Gasteiger partial charge on any atom is -0.497 e. The van der Waals surface area contributed by atoms with Gasteiger partial charge >= 0.3 is 0 Å². The summed E-state index contributed by atoms with van der Waals surface area (Å²) in [4.78, 5) is 0. The molecule has 0 aromatic heterocycles. The largest absolute Gasteiger partial charge is 0.497 e. The monoisotopic (exact) mass is 392 g/mol. The van der Waals surface area contributed by atoms with Crippen molar-refractivity contribution in [2.75, 3.05) is 13.7 Å². The molecule has 0 amide bonds. The van der Waals surface area contributed by atoms with Gasteiger partial charge in [-0.1, -0.05) is 12.1 Å². The lowest BCUT2D eigenvalue weighted by molar-refractivity contribution is 0.296. The van der Waals surface area contributed by atoms with Gasteiger partial charge in [-0.25, -0.2) is 8.78 Å². The van der Waals surface area contributed by atoms with Crippen molar-refractivity contribution in [2.45, 2.75) is 51.4 Å². The van der Waals surface area contributed by atoms with E-state index in [1.165, 1.54) is 19.2 Å². The molecule has 1 aliphatic carbocycles. The minimum atomic E-state index is -0.892. The molecule has 2 aromatic carbocycles. The Morgan fingerprint density at radius 2 is 1.71 bits per heavy atom. The van der Waals surface area contributed by atoms with Crippen molar-refractivity contribution in [1.29, 1.82) is 0 Å². The van der Waals surface area contributed by atoms with Crippen LogP contribution in [0.15, 0.2) is 30.3 Å². The van der Waals surface area contributed by atoms with E-state index in [0.717, 1.165) is 32.1 Å². The number of halogens is 3. The summed E-state index contributed by atoms with van der Waals surface area (Å²) in [5.41, 5.74) is 1.14. The fourth-order valence-corrected chi connectivity index (χ4v) is 4.11. The molecule has 2 nitrogen and oxygen atoms in total. The van der Waals surface area contributed by atoms with Gasteiger partial charge in [-0.15, -0.1) is 0 Å². The molecule has 0 N–H and O–H groups in total. The van der Waals surface area contributed by atoms with Gasteiger partial charge in [0.25, 0.3) is 0 Å². The molecule has 1 fully saturated rings. The number of hydrogen-bond donors (Lipinski definition) is 0. The highest BCUT2D eigenvalue weighted by atomic mass is 19.2. The van der Waals surface area contributed by atoms with E-state index in [4.69, 9.17) is 9.47 Å². The molecule has 2 aromatic rings. The standard InChI is InChI=1S/C23H27F3O2/c1-3-28-21-13-12-19(22(25)23(21)26)16-7-4-15(5-8-16)6-9-17-10-11-18(27-2)14-20(17)24/h10-16H,3-9H2,1-2H3. The zero-order valence-corrected chi connectivity index (χ0v) is 16.4. The lowest BCUT2D eigenvalue weighted by atomic mass is 9.76. The highest BCUT2D eigenvalue weighted by molar-refractivity contribution is 5.33. The second kappa shape index (κ2) is 9.35. The summed E-state index contributed by atoms with van der Waals surface area (Å²) in [6.07, 6.45) is 5.10. The van der Waals surface area contributed by atoms with Crippen LogP contribution in [-0.4, -0.2) is 13.7 Å². The molecule has 5 heteroatoms. The third kappa shape index (κ3) is 4.62. The Kier molecular flexibility index (Phi) is 6.87. The Labute approximate surface area is 164 Å². The smallest absolute Gasteiger partial charge is 0.200 e. The molecular weight excluding hydrogens is 365 g/mol. The third-order valence-electron chi connectivity index (χ3n) is 5.75. The predicted molar refractivity (Wildman–Crippen MR) is 103 cm³/mol. The fraction of sp³-hybridized carbons (Fsp3) is 0.478. The summed E-state index contributed by atoms with van der Waals surface area (Å²) in [7, 11) is 1.52. The molecular formula is C23H27F3O2. The van der Waals surface area contributed by atoms with Gasteiger partial charge < -0.3 is 9.47 Å². The molecule has 0 spiro atoms. The first-order valence-electron chi connectivity index (χ1n) is 9.96. The maximum atomic E-state index is 14.4. The van der Waals surface area contributed by atoms with E-state index in [2.05, 4.69) is 0 Å². The number of rotatable bonds is 7. The minimum absolute atomic E-state index is 0.0270. The Bertz CT molecular complexity index is 799. The van der Waals surface area contributed by atoms with Crippen molar-refractivity contribution >= 4 is 0 Å². The van der Waals surface area contributed by atoms with Crippen LogP contribution < -0.4 is 9.47 Å². The van der Waals surface area contributed by atoms with E-state index >= 15 is 0 Å². The van der Waals surface area contributed by atoms with Crippen LogP contribution in [0.2, 0.25) is 0 Å². The fourth-order valence-electron chi connectivity index (χ4n) is 4.11. The summed E-state index contributed by atoms with van der Waals surface area (Å²) >= 11 is 0. The number of benzene rings is 2. The SMILES string of the molecule is CCOc1ccc(C2CCC(CCc3ccc(OC)cc3F)CC2)c(F)c1F. The topological polar surface area (TPSA) is 18.5 Å². The average molecular weight is 392 g/mol. The predicted octanol–water partition coefficient (Wildman–Crippen LogP) is 6.42. The summed E-state index contributed by atoms with van der Waals surface area (Å²) < 4.78 is 52.8. The van der Waals surface area contributed by atoms with Crippen LogP contribution in [0.4, 0.5) is 13.2 Å². The molecule has 0 unspecified atom stereocenters. The first-order valence-corrected chi connectivity index (χ1v) is 9.96. The third-order valence-corrected chi connectivity index (χ3v) is 5.75. The Hall–Kier alpha value is -2.17. The highest BCUT2D eigenvalue weighted by Gasteiger charge is 2.26. The van der Waals surface area contributed by atoms with Crippen LogP contribution in [0.25, 0.3) is 0 Å². The zero-order chi connectivity index (χ0) is 20.1. The molecule has 152 valence electrons. The van der Waals surface area contributed by atoms with E-state index in [0.29, 0.717) is 35.8 Å². The lowest BCUT2D eigenvalue weighted by Crippen LogP contribution is -2.16. The Balaban J connectivity index is 1.55. The molecule has 0 aliphatic heterocycles. The maximum Gasteiger partial charge on any atom is 0.200 e. The molecule has 28 heavy (non-hydrogen) atoms. The number of aryl methyl sites for hydroxylation is 1. The molecule has 0 saturated heterocycles. The molecule has 0 radical (unpaired) electrons. The number of ether oxygens (including phenoxy) is 2. The Morgan fingerprint density at radius 3 is 2.36 bits per heavy atom. The van der Waals surface area contributed by atoms with Gasteiger partial charge in [-0.05, 0) is 80.5 Å². The normalized spacial score (nSPS) is 19.5. The van der Waals surface area contributed by atoms with Gasteiger partial charge in [0, 0.05) is 6.07 Å². The van der Waals surface area contributed by atoms with E-state index < -0.39 is 11.6 Å². The van der Waals surface area contributed by atoms with Crippen molar-refractivity contribution < 1.29 is 22.6 Å². The van der Waals surface area contributed by atoms with Crippen LogP contribution in [0.1, 0.15) is 56.1 Å². The number of methoxy groups -OCH3 is 1. The lowest BCUT2D eigenvalue weighted by Gasteiger charge is -2.29.